The normalized spacial score (nSPS) is 12.4. The van der Waals surface area contributed by atoms with E-state index in [1.165, 1.54) is 0 Å². The van der Waals surface area contributed by atoms with Gasteiger partial charge >= 0.3 is 0 Å². The first-order valence-electron chi connectivity index (χ1n) is 5.40. The summed E-state index contributed by atoms with van der Waals surface area (Å²) in [5.41, 5.74) is 3.21. The molecule has 90 valence electrons. The number of aliphatic hydroxyl groups excluding tert-OH is 1. The molecule has 0 saturated heterocycles. The SMILES string of the molecule is COc1c(CC(C)O)cc(C)c(C)c1OC. The van der Waals surface area contributed by atoms with E-state index in [0.29, 0.717) is 6.42 Å². The molecule has 1 aromatic carbocycles. The molecule has 0 spiro atoms. The van der Waals surface area contributed by atoms with Crippen LogP contribution in [0, 0.1) is 13.8 Å². The van der Waals surface area contributed by atoms with Crippen molar-refractivity contribution in [1.29, 1.82) is 0 Å². The Morgan fingerprint density at radius 1 is 1.19 bits per heavy atom. The van der Waals surface area contributed by atoms with E-state index in [4.69, 9.17) is 9.47 Å². The Morgan fingerprint density at radius 3 is 2.19 bits per heavy atom. The van der Waals surface area contributed by atoms with E-state index in [1.54, 1.807) is 21.1 Å². The predicted octanol–water partition coefficient (Wildman–Crippen LogP) is 2.24. The van der Waals surface area contributed by atoms with Gasteiger partial charge in [-0.05, 0) is 31.9 Å². The maximum absolute atomic E-state index is 9.45. The van der Waals surface area contributed by atoms with Gasteiger partial charge in [-0.3, -0.25) is 0 Å². The van der Waals surface area contributed by atoms with Crippen molar-refractivity contribution in [3.05, 3.63) is 22.8 Å². The molecule has 3 nitrogen and oxygen atoms in total. The van der Waals surface area contributed by atoms with Crippen molar-refractivity contribution in [1.82, 2.24) is 0 Å². The lowest BCUT2D eigenvalue weighted by Crippen LogP contribution is -2.08. The van der Waals surface area contributed by atoms with Gasteiger partial charge in [0.2, 0.25) is 0 Å². The van der Waals surface area contributed by atoms with Crippen LogP contribution in [0.3, 0.4) is 0 Å². The van der Waals surface area contributed by atoms with Crippen LogP contribution in [-0.2, 0) is 6.42 Å². The highest BCUT2D eigenvalue weighted by atomic mass is 16.5. The summed E-state index contributed by atoms with van der Waals surface area (Å²) in [5.74, 6) is 1.49. The van der Waals surface area contributed by atoms with E-state index in [1.807, 2.05) is 19.9 Å². The van der Waals surface area contributed by atoms with E-state index in [-0.39, 0.29) is 6.10 Å². The van der Waals surface area contributed by atoms with Crippen LogP contribution in [0.1, 0.15) is 23.6 Å². The van der Waals surface area contributed by atoms with Gasteiger partial charge in [0.15, 0.2) is 11.5 Å². The molecule has 0 heterocycles. The first kappa shape index (κ1) is 12.8. The van der Waals surface area contributed by atoms with Gasteiger partial charge in [0.25, 0.3) is 0 Å². The summed E-state index contributed by atoms with van der Waals surface area (Å²) in [6.07, 6.45) is 0.182. The van der Waals surface area contributed by atoms with Crippen molar-refractivity contribution < 1.29 is 14.6 Å². The average molecular weight is 224 g/mol. The summed E-state index contributed by atoms with van der Waals surface area (Å²) >= 11 is 0. The Morgan fingerprint density at radius 2 is 1.75 bits per heavy atom. The molecule has 16 heavy (non-hydrogen) atoms. The molecule has 1 aromatic rings. The summed E-state index contributed by atoms with van der Waals surface area (Å²) < 4.78 is 10.7. The minimum atomic E-state index is -0.388. The van der Waals surface area contributed by atoms with Crippen LogP contribution >= 0.6 is 0 Å². The highest BCUT2D eigenvalue weighted by Gasteiger charge is 2.16. The van der Waals surface area contributed by atoms with Gasteiger partial charge in [-0.2, -0.15) is 0 Å². The molecule has 1 atom stereocenters. The molecule has 1 rings (SSSR count). The quantitative estimate of drug-likeness (QED) is 0.852. The highest BCUT2D eigenvalue weighted by Crippen LogP contribution is 2.37. The molecule has 0 amide bonds. The molecular weight excluding hydrogens is 204 g/mol. The zero-order valence-corrected chi connectivity index (χ0v) is 10.6. The predicted molar refractivity (Wildman–Crippen MR) is 64.4 cm³/mol. The fourth-order valence-electron chi connectivity index (χ4n) is 1.87. The second-order valence-electron chi connectivity index (χ2n) is 4.10. The van der Waals surface area contributed by atoms with Gasteiger partial charge in [-0.1, -0.05) is 6.07 Å². The molecule has 0 bridgehead atoms. The smallest absolute Gasteiger partial charge is 0.164 e. The molecule has 1 unspecified atom stereocenters. The van der Waals surface area contributed by atoms with Gasteiger partial charge in [0.1, 0.15) is 0 Å². The molecule has 0 radical (unpaired) electrons. The zero-order valence-electron chi connectivity index (χ0n) is 10.6. The molecule has 0 aliphatic rings. The first-order valence-corrected chi connectivity index (χ1v) is 5.40. The number of ether oxygens (including phenoxy) is 2. The van der Waals surface area contributed by atoms with Crippen LogP contribution in [0.4, 0.5) is 0 Å². The second-order valence-corrected chi connectivity index (χ2v) is 4.10. The van der Waals surface area contributed by atoms with Crippen LogP contribution in [0.2, 0.25) is 0 Å². The standard InChI is InChI=1S/C13H20O3/c1-8-6-11(7-9(2)14)13(16-5)12(15-4)10(8)3/h6,9,14H,7H2,1-5H3. The van der Waals surface area contributed by atoms with E-state index in [0.717, 1.165) is 28.2 Å². The number of benzene rings is 1. The van der Waals surface area contributed by atoms with Crippen LogP contribution in [0.25, 0.3) is 0 Å². The van der Waals surface area contributed by atoms with Crippen LogP contribution in [0.5, 0.6) is 11.5 Å². The van der Waals surface area contributed by atoms with Crippen LogP contribution in [0.15, 0.2) is 6.07 Å². The van der Waals surface area contributed by atoms with Gasteiger partial charge in [0.05, 0.1) is 20.3 Å². The largest absolute Gasteiger partial charge is 0.493 e. The minimum Gasteiger partial charge on any atom is -0.493 e. The number of aliphatic hydroxyl groups is 1. The third-order valence-corrected chi connectivity index (χ3v) is 2.74. The summed E-state index contributed by atoms with van der Waals surface area (Å²) in [5, 5.41) is 9.45. The average Bonchev–Trinajstić information content (AvgIpc) is 2.21. The zero-order chi connectivity index (χ0) is 12.3. The van der Waals surface area contributed by atoms with Gasteiger partial charge in [-0.25, -0.2) is 0 Å². The van der Waals surface area contributed by atoms with Crippen molar-refractivity contribution in [2.45, 2.75) is 33.3 Å². The fourth-order valence-corrected chi connectivity index (χ4v) is 1.87. The monoisotopic (exact) mass is 224 g/mol. The van der Waals surface area contributed by atoms with Crippen molar-refractivity contribution in [3.8, 4) is 11.5 Å². The van der Waals surface area contributed by atoms with Crippen LogP contribution < -0.4 is 9.47 Å². The number of aryl methyl sites for hydroxylation is 1. The summed E-state index contributed by atoms with van der Waals surface area (Å²) in [6.45, 7) is 5.80. The van der Waals surface area contributed by atoms with Crippen molar-refractivity contribution >= 4 is 0 Å². The maximum atomic E-state index is 9.45. The molecule has 3 heteroatoms. The number of hydrogen-bond acceptors (Lipinski definition) is 3. The third kappa shape index (κ3) is 2.47. The van der Waals surface area contributed by atoms with Gasteiger partial charge in [-0.15, -0.1) is 0 Å². The van der Waals surface area contributed by atoms with Crippen LogP contribution in [-0.4, -0.2) is 25.4 Å². The van der Waals surface area contributed by atoms with Gasteiger partial charge in [0, 0.05) is 12.0 Å². The molecule has 0 aromatic heterocycles. The summed E-state index contributed by atoms with van der Waals surface area (Å²) in [7, 11) is 3.26. The summed E-state index contributed by atoms with van der Waals surface area (Å²) in [4.78, 5) is 0. The fraction of sp³-hybridized carbons (Fsp3) is 0.538. The third-order valence-electron chi connectivity index (χ3n) is 2.74. The molecule has 0 aliphatic heterocycles. The number of rotatable bonds is 4. The molecule has 0 fully saturated rings. The Labute approximate surface area is 97.0 Å². The van der Waals surface area contributed by atoms with E-state index in [9.17, 15) is 5.11 Å². The second kappa shape index (κ2) is 5.21. The molecule has 1 N–H and O–H groups in total. The summed E-state index contributed by atoms with van der Waals surface area (Å²) in [6, 6.07) is 2.05. The minimum absolute atomic E-state index is 0.388. The van der Waals surface area contributed by atoms with Crippen molar-refractivity contribution in [3.63, 3.8) is 0 Å². The highest BCUT2D eigenvalue weighted by molar-refractivity contribution is 5.55. The number of hydrogen-bond donors (Lipinski definition) is 1. The Balaban J connectivity index is 3.31. The molecule has 0 saturated carbocycles. The lowest BCUT2D eigenvalue weighted by Gasteiger charge is -2.17. The number of methoxy groups -OCH3 is 2. The molecule has 0 aliphatic carbocycles. The Bertz CT molecular complexity index is 370. The lowest BCUT2D eigenvalue weighted by molar-refractivity contribution is 0.194. The first-order chi connectivity index (χ1) is 7.51. The molecular formula is C13H20O3. The maximum Gasteiger partial charge on any atom is 0.164 e. The lowest BCUT2D eigenvalue weighted by atomic mass is 10.00. The van der Waals surface area contributed by atoms with E-state index < -0.39 is 0 Å². The van der Waals surface area contributed by atoms with E-state index in [2.05, 4.69) is 0 Å². The Hall–Kier alpha value is -1.22. The van der Waals surface area contributed by atoms with Crippen molar-refractivity contribution in [2.75, 3.05) is 14.2 Å². The van der Waals surface area contributed by atoms with E-state index >= 15 is 0 Å². The van der Waals surface area contributed by atoms with Crippen molar-refractivity contribution in [2.24, 2.45) is 0 Å². The topological polar surface area (TPSA) is 38.7 Å². The van der Waals surface area contributed by atoms with Gasteiger partial charge < -0.3 is 14.6 Å². The Kier molecular flexibility index (Phi) is 4.19.